The molecular formula is C9H9F2N. The molecule has 1 aromatic carbocycles. The molecule has 0 aliphatic heterocycles. The molecule has 2 rings (SSSR count). The minimum Gasteiger partial charge on any atom is -0.399 e. The lowest BCUT2D eigenvalue weighted by Crippen LogP contribution is -2.07. The highest BCUT2D eigenvalue weighted by molar-refractivity contribution is 5.48. The lowest BCUT2D eigenvalue weighted by molar-refractivity contribution is -0.00182. The standard InChI is InChI=1S/C9H9F2N/c10-9(11)4-3-6-5-7(12)1-2-8(6)9/h1-2,5H,3-4,12H2. The van der Waals surface area contributed by atoms with Crippen molar-refractivity contribution in [2.24, 2.45) is 0 Å². The van der Waals surface area contributed by atoms with Crippen LogP contribution in [-0.2, 0) is 12.3 Å². The van der Waals surface area contributed by atoms with E-state index < -0.39 is 5.92 Å². The second kappa shape index (κ2) is 2.19. The number of benzene rings is 1. The Kier molecular flexibility index (Phi) is 1.37. The van der Waals surface area contributed by atoms with Gasteiger partial charge in [-0.05, 0) is 24.1 Å². The van der Waals surface area contributed by atoms with Gasteiger partial charge in [0.25, 0.3) is 5.92 Å². The third-order valence-corrected chi connectivity index (χ3v) is 2.23. The molecule has 0 fully saturated rings. The first kappa shape index (κ1) is 7.53. The first-order chi connectivity index (χ1) is 5.59. The quantitative estimate of drug-likeness (QED) is 0.592. The normalized spacial score (nSPS) is 19.2. The van der Waals surface area contributed by atoms with Gasteiger partial charge in [-0.2, -0.15) is 0 Å². The molecule has 0 bridgehead atoms. The molecule has 0 spiro atoms. The van der Waals surface area contributed by atoms with E-state index in [-0.39, 0.29) is 12.0 Å². The molecule has 3 heteroatoms. The highest BCUT2D eigenvalue weighted by atomic mass is 19.3. The molecule has 0 aromatic heterocycles. The van der Waals surface area contributed by atoms with Crippen LogP contribution >= 0.6 is 0 Å². The zero-order valence-electron chi connectivity index (χ0n) is 6.48. The largest absolute Gasteiger partial charge is 0.399 e. The third-order valence-electron chi connectivity index (χ3n) is 2.23. The molecule has 12 heavy (non-hydrogen) atoms. The molecule has 2 N–H and O–H groups in total. The van der Waals surface area contributed by atoms with Crippen LogP contribution < -0.4 is 5.73 Å². The van der Waals surface area contributed by atoms with Gasteiger partial charge in [0.15, 0.2) is 0 Å². The summed E-state index contributed by atoms with van der Waals surface area (Å²) in [6.07, 6.45) is 0.360. The van der Waals surface area contributed by atoms with Crippen LogP contribution in [-0.4, -0.2) is 0 Å². The number of halogens is 2. The Morgan fingerprint density at radius 3 is 2.83 bits per heavy atom. The summed E-state index contributed by atoms with van der Waals surface area (Å²) >= 11 is 0. The van der Waals surface area contributed by atoms with Crippen molar-refractivity contribution in [3.05, 3.63) is 29.3 Å². The molecule has 1 aliphatic carbocycles. The van der Waals surface area contributed by atoms with Crippen LogP contribution in [0.2, 0.25) is 0 Å². The number of rotatable bonds is 0. The maximum Gasteiger partial charge on any atom is 0.273 e. The van der Waals surface area contributed by atoms with Gasteiger partial charge in [0.2, 0.25) is 0 Å². The number of alkyl halides is 2. The summed E-state index contributed by atoms with van der Waals surface area (Å²) in [5, 5.41) is 0. The predicted molar refractivity (Wildman–Crippen MR) is 43.1 cm³/mol. The molecule has 64 valence electrons. The lowest BCUT2D eigenvalue weighted by Gasteiger charge is -2.09. The predicted octanol–water partition coefficient (Wildman–Crippen LogP) is 2.31. The topological polar surface area (TPSA) is 26.0 Å². The minimum absolute atomic E-state index is 0.0776. The Balaban J connectivity index is 2.55. The maximum absolute atomic E-state index is 13.0. The van der Waals surface area contributed by atoms with Crippen LogP contribution in [0, 0.1) is 0 Å². The number of nitrogen functional groups attached to an aromatic ring is 1. The van der Waals surface area contributed by atoms with Gasteiger partial charge < -0.3 is 5.73 Å². The maximum atomic E-state index is 13.0. The van der Waals surface area contributed by atoms with Gasteiger partial charge in [-0.25, -0.2) is 8.78 Å². The van der Waals surface area contributed by atoms with Gasteiger partial charge in [-0.1, -0.05) is 6.07 Å². The van der Waals surface area contributed by atoms with Crippen LogP contribution in [0.25, 0.3) is 0 Å². The summed E-state index contributed by atoms with van der Waals surface area (Å²) in [5.41, 5.74) is 6.88. The smallest absolute Gasteiger partial charge is 0.273 e. The van der Waals surface area contributed by atoms with Crippen LogP contribution in [0.5, 0.6) is 0 Å². The Morgan fingerprint density at radius 2 is 2.08 bits per heavy atom. The van der Waals surface area contributed by atoms with Gasteiger partial charge in [0, 0.05) is 17.7 Å². The summed E-state index contributed by atoms with van der Waals surface area (Å²) in [7, 11) is 0. The number of hydrogen-bond acceptors (Lipinski definition) is 1. The zero-order chi connectivity index (χ0) is 8.77. The molecule has 0 saturated carbocycles. The van der Waals surface area contributed by atoms with Gasteiger partial charge in [0.1, 0.15) is 0 Å². The van der Waals surface area contributed by atoms with E-state index >= 15 is 0 Å². The molecule has 0 amide bonds. The fourth-order valence-corrected chi connectivity index (χ4v) is 1.60. The van der Waals surface area contributed by atoms with Gasteiger partial charge in [0.05, 0.1) is 0 Å². The summed E-state index contributed by atoms with van der Waals surface area (Å²) in [6.45, 7) is 0. The molecule has 0 unspecified atom stereocenters. The fourth-order valence-electron chi connectivity index (χ4n) is 1.60. The van der Waals surface area contributed by atoms with Crippen LogP contribution in [0.4, 0.5) is 14.5 Å². The molecule has 0 heterocycles. The van der Waals surface area contributed by atoms with E-state index in [1.165, 1.54) is 12.1 Å². The monoisotopic (exact) mass is 169 g/mol. The van der Waals surface area contributed by atoms with Gasteiger partial charge >= 0.3 is 0 Å². The van der Waals surface area contributed by atoms with Crippen molar-refractivity contribution in [1.82, 2.24) is 0 Å². The summed E-state index contributed by atoms with van der Waals surface area (Å²) in [6, 6.07) is 4.59. The van der Waals surface area contributed by atoms with Crippen molar-refractivity contribution in [2.75, 3.05) is 5.73 Å². The number of nitrogens with two attached hydrogens (primary N) is 1. The summed E-state index contributed by atoms with van der Waals surface area (Å²) in [5.74, 6) is -2.64. The van der Waals surface area contributed by atoms with E-state index in [4.69, 9.17) is 5.73 Å². The fraction of sp³-hybridized carbons (Fsp3) is 0.333. The van der Waals surface area contributed by atoms with Crippen molar-refractivity contribution < 1.29 is 8.78 Å². The van der Waals surface area contributed by atoms with Crippen molar-refractivity contribution >= 4 is 5.69 Å². The molecular weight excluding hydrogens is 160 g/mol. The van der Waals surface area contributed by atoms with E-state index in [1.807, 2.05) is 0 Å². The van der Waals surface area contributed by atoms with E-state index in [0.717, 1.165) is 0 Å². The van der Waals surface area contributed by atoms with Crippen LogP contribution in [0.3, 0.4) is 0 Å². The number of aryl methyl sites for hydroxylation is 1. The Bertz CT molecular complexity index is 320. The third kappa shape index (κ3) is 0.967. The molecule has 0 saturated heterocycles. The SMILES string of the molecule is Nc1ccc2c(c1)CCC2(F)F. The average Bonchev–Trinajstić information content (AvgIpc) is 2.27. The van der Waals surface area contributed by atoms with Crippen molar-refractivity contribution in [1.29, 1.82) is 0 Å². The highest BCUT2D eigenvalue weighted by Crippen LogP contribution is 2.41. The lowest BCUT2D eigenvalue weighted by atomic mass is 10.1. The number of hydrogen-bond donors (Lipinski definition) is 1. The molecule has 0 radical (unpaired) electrons. The van der Waals surface area contributed by atoms with Gasteiger partial charge in [-0.3, -0.25) is 0 Å². The summed E-state index contributed by atoms with van der Waals surface area (Å²) < 4.78 is 26.1. The van der Waals surface area contributed by atoms with Crippen molar-refractivity contribution in [3.8, 4) is 0 Å². The Morgan fingerprint density at radius 1 is 1.33 bits per heavy atom. The second-order valence-electron chi connectivity index (χ2n) is 3.12. The van der Waals surface area contributed by atoms with Crippen LogP contribution in [0.1, 0.15) is 17.5 Å². The first-order valence-corrected chi connectivity index (χ1v) is 3.86. The van der Waals surface area contributed by atoms with E-state index in [2.05, 4.69) is 0 Å². The highest BCUT2D eigenvalue weighted by Gasteiger charge is 2.38. The van der Waals surface area contributed by atoms with E-state index in [9.17, 15) is 8.78 Å². The molecule has 1 aliphatic rings. The van der Waals surface area contributed by atoms with Crippen LogP contribution in [0.15, 0.2) is 18.2 Å². The number of anilines is 1. The van der Waals surface area contributed by atoms with Crippen molar-refractivity contribution in [3.63, 3.8) is 0 Å². The van der Waals surface area contributed by atoms with Gasteiger partial charge in [-0.15, -0.1) is 0 Å². The Hall–Kier alpha value is -1.12. The summed E-state index contributed by atoms with van der Waals surface area (Å²) in [4.78, 5) is 0. The zero-order valence-corrected chi connectivity index (χ0v) is 6.48. The minimum atomic E-state index is -2.64. The Labute approximate surface area is 69.2 Å². The second-order valence-corrected chi connectivity index (χ2v) is 3.12. The molecule has 0 atom stereocenters. The number of fused-ring (bicyclic) bond motifs is 1. The van der Waals surface area contributed by atoms with E-state index in [0.29, 0.717) is 17.7 Å². The van der Waals surface area contributed by atoms with E-state index in [1.54, 1.807) is 6.07 Å². The van der Waals surface area contributed by atoms with Crippen molar-refractivity contribution in [2.45, 2.75) is 18.8 Å². The first-order valence-electron chi connectivity index (χ1n) is 3.86. The average molecular weight is 169 g/mol. The molecule has 1 nitrogen and oxygen atoms in total. The molecule has 1 aromatic rings.